The van der Waals surface area contributed by atoms with Gasteiger partial charge in [-0.2, -0.15) is 0 Å². The van der Waals surface area contributed by atoms with Crippen molar-refractivity contribution in [1.29, 1.82) is 0 Å². The van der Waals surface area contributed by atoms with Gasteiger partial charge in [0.25, 0.3) is 0 Å². The van der Waals surface area contributed by atoms with E-state index in [1.165, 1.54) is 17.0 Å². The van der Waals surface area contributed by atoms with Crippen molar-refractivity contribution in [2.24, 2.45) is 0 Å². The molecule has 37 heavy (non-hydrogen) atoms. The highest BCUT2D eigenvalue weighted by molar-refractivity contribution is 7.92. The van der Waals surface area contributed by atoms with Crippen LogP contribution in [0, 0.1) is 0 Å². The van der Waals surface area contributed by atoms with Crippen molar-refractivity contribution < 1.29 is 27.5 Å². The maximum atomic E-state index is 13.8. The van der Waals surface area contributed by atoms with Gasteiger partial charge in [-0.15, -0.1) is 0 Å². The van der Waals surface area contributed by atoms with Gasteiger partial charge in [0.15, 0.2) is 11.5 Å². The average molecular weight is 573 g/mol. The Morgan fingerprint density at radius 2 is 1.70 bits per heavy atom. The van der Waals surface area contributed by atoms with E-state index >= 15 is 0 Å². The second kappa shape index (κ2) is 11.4. The number of benzene rings is 2. The first kappa shape index (κ1) is 28.9. The van der Waals surface area contributed by atoms with Crippen molar-refractivity contribution in [2.75, 3.05) is 23.9 Å². The fraction of sp³-hybridized carbons (Fsp3) is 0.440. The van der Waals surface area contributed by atoms with Crippen LogP contribution in [0.15, 0.2) is 36.4 Å². The lowest BCUT2D eigenvalue weighted by Gasteiger charge is -2.34. The lowest BCUT2D eigenvalue weighted by Crippen LogP contribution is -2.55. The zero-order valence-corrected chi connectivity index (χ0v) is 23.7. The summed E-state index contributed by atoms with van der Waals surface area (Å²) in [5, 5.41) is 3.56. The van der Waals surface area contributed by atoms with E-state index in [1.807, 2.05) is 20.8 Å². The summed E-state index contributed by atoms with van der Waals surface area (Å²) in [5.41, 5.74) is 0.130. The van der Waals surface area contributed by atoms with E-state index in [0.717, 1.165) is 10.6 Å². The third kappa shape index (κ3) is 7.21. The number of hydrogen-bond donors (Lipinski definition) is 1. The molecule has 12 heteroatoms. The predicted octanol–water partition coefficient (Wildman–Crippen LogP) is 4.21. The molecule has 2 aromatic carbocycles. The van der Waals surface area contributed by atoms with Crippen molar-refractivity contribution in [3.63, 3.8) is 0 Å². The molecule has 1 aliphatic rings. The summed E-state index contributed by atoms with van der Waals surface area (Å²) in [5.74, 6) is -0.131. The number of nitrogens with one attached hydrogen (secondary N) is 1. The molecule has 2 amide bonds. The standard InChI is InChI=1S/C25H31Cl2N3O6S/c1-6-20(24(32)28-25(2,3)4)29(13-17-18(26)8-7-9-19(17)27)23(31)14-30(37(5,33)34)16-10-11-21-22(12-16)36-15-35-21/h7-12,20H,6,13-15H2,1-5H3,(H,28,32). The summed E-state index contributed by atoms with van der Waals surface area (Å²) in [7, 11) is -3.90. The summed E-state index contributed by atoms with van der Waals surface area (Å²) >= 11 is 12.8. The Kier molecular flexibility index (Phi) is 8.87. The van der Waals surface area contributed by atoms with Crippen LogP contribution in [0.25, 0.3) is 0 Å². The molecular formula is C25H31Cl2N3O6S. The van der Waals surface area contributed by atoms with E-state index in [-0.39, 0.29) is 31.4 Å². The summed E-state index contributed by atoms with van der Waals surface area (Å²) in [4.78, 5) is 28.4. The number of nitrogens with zero attached hydrogens (tertiary/aromatic N) is 2. The van der Waals surface area contributed by atoms with Crippen LogP contribution in [-0.4, -0.2) is 56.3 Å². The molecule has 0 fully saturated rings. The number of ether oxygens (including phenoxy) is 2. The SMILES string of the molecule is CCC(C(=O)NC(C)(C)C)N(Cc1c(Cl)cccc1Cl)C(=O)CN(c1ccc2c(c1)OCO2)S(C)(=O)=O. The van der Waals surface area contributed by atoms with Gasteiger partial charge in [-0.25, -0.2) is 8.42 Å². The predicted molar refractivity (Wildman–Crippen MR) is 144 cm³/mol. The first-order chi connectivity index (χ1) is 17.2. The fourth-order valence-corrected chi connectivity index (χ4v) is 5.24. The molecule has 0 radical (unpaired) electrons. The highest BCUT2D eigenvalue weighted by atomic mass is 35.5. The third-order valence-electron chi connectivity index (χ3n) is 5.60. The highest BCUT2D eigenvalue weighted by Crippen LogP contribution is 2.36. The number of hydrogen-bond acceptors (Lipinski definition) is 6. The number of amides is 2. The monoisotopic (exact) mass is 571 g/mol. The van der Waals surface area contributed by atoms with Gasteiger partial charge in [0.1, 0.15) is 12.6 Å². The molecule has 0 aromatic heterocycles. The molecule has 1 aliphatic heterocycles. The molecule has 202 valence electrons. The minimum atomic E-state index is -3.90. The summed E-state index contributed by atoms with van der Waals surface area (Å²) in [6, 6.07) is 8.64. The summed E-state index contributed by atoms with van der Waals surface area (Å²) in [6.07, 6.45) is 1.28. The number of sulfonamides is 1. The van der Waals surface area contributed by atoms with Crippen LogP contribution < -0.4 is 19.1 Å². The molecule has 1 N–H and O–H groups in total. The van der Waals surface area contributed by atoms with Crippen molar-refractivity contribution in [3.05, 3.63) is 52.0 Å². The maximum absolute atomic E-state index is 13.8. The van der Waals surface area contributed by atoms with Crippen LogP contribution in [0.3, 0.4) is 0 Å². The molecule has 2 aromatic rings. The van der Waals surface area contributed by atoms with Crippen LogP contribution in [0.1, 0.15) is 39.7 Å². The number of fused-ring (bicyclic) bond motifs is 1. The van der Waals surface area contributed by atoms with Gasteiger partial charge in [-0.3, -0.25) is 13.9 Å². The Morgan fingerprint density at radius 1 is 1.08 bits per heavy atom. The van der Waals surface area contributed by atoms with E-state index in [9.17, 15) is 18.0 Å². The quantitative estimate of drug-likeness (QED) is 0.483. The molecule has 1 unspecified atom stereocenters. The normalized spacial score (nSPS) is 13.7. The lowest BCUT2D eigenvalue weighted by molar-refractivity contribution is -0.141. The minimum absolute atomic E-state index is 0.0179. The molecule has 1 atom stereocenters. The van der Waals surface area contributed by atoms with Gasteiger partial charge in [0.05, 0.1) is 11.9 Å². The van der Waals surface area contributed by atoms with Crippen molar-refractivity contribution >= 4 is 50.7 Å². The number of halogens is 2. The van der Waals surface area contributed by atoms with Crippen molar-refractivity contribution in [2.45, 2.75) is 52.2 Å². The zero-order valence-electron chi connectivity index (χ0n) is 21.4. The van der Waals surface area contributed by atoms with E-state index < -0.39 is 34.1 Å². The first-order valence-corrected chi connectivity index (χ1v) is 14.2. The second-order valence-corrected chi connectivity index (χ2v) is 12.4. The minimum Gasteiger partial charge on any atom is -0.454 e. The van der Waals surface area contributed by atoms with Crippen LogP contribution in [0.2, 0.25) is 10.0 Å². The lowest BCUT2D eigenvalue weighted by atomic mass is 10.1. The van der Waals surface area contributed by atoms with E-state index in [4.69, 9.17) is 32.7 Å². The number of rotatable bonds is 9. The zero-order chi connectivity index (χ0) is 27.5. The average Bonchev–Trinajstić information content (AvgIpc) is 3.25. The molecule has 0 saturated carbocycles. The first-order valence-electron chi connectivity index (χ1n) is 11.6. The number of carbonyl (C=O) groups is 2. The summed E-state index contributed by atoms with van der Waals surface area (Å²) in [6.45, 7) is 6.64. The van der Waals surface area contributed by atoms with Gasteiger partial charge in [0.2, 0.25) is 28.6 Å². The largest absolute Gasteiger partial charge is 0.454 e. The molecule has 1 heterocycles. The van der Waals surface area contributed by atoms with Crippen LogP contribution in [0.4, 0.5) is 5.69 Å². The van der Waals surface area contributed by atoms with Crippen molar-refractivity contribution in [3.8, 4) is 11.5 Å². The molecule has 0 bridgehead atoms. The molecule has 0 aliphatic carbocycles. The Morgan fingerprint density at radius 3 is 2.27 bits per heavy atom. The van der Waals surface area contributed by atoms with Gasteiger partial charge in [-0.1, -0.05) is 36.2 Å². The van der Waals surface area contributed by atoms with Gasteiger partial charge in [0, 0.05) is 33.8 Å². The Bertz CT molecular complexity index is 1260. The highest BCUT2D eigenvalue weighted by Gasteiger charge is 2.34. The van der Waals surface area contributed by atoms with Gasteiger partial charge < -0.3 is 19.7 Å². The van der Waals surface area contributed by atoms with E-state index in [1.54, 1.807) is 31.2 Å². The van der Waals surface area contributed by atoms with Gasteiger partial charge in [-0.05, 0) is 51.5 Å². The van der Waals surface area contributed by atoms with E-state index in [0.29, 0.717) is 27.1 Å². The van der Waals surface area contributed by atoms with Crippen LogP contribution in [0.5, 0.6) is 11.5 Å². The van der Waals surface area contributed by atoms with Crippen molar-refractivity contribution in [1.82, 2.24) is 10.2 Å². The maximum Gasteiger partial charge on any atom is 0.244 e. The van der Waals surface area contributed by atoms with E-state index in [2.05, 4.69) is 5.32 Å². The molecular weight excluding hydrogens is 541 g/mol. The fourth-order valence-electron chi connectivity index (χ4n) is 3.88. The number of anilines is 1. The Balaban J connectivity index is 2.01. The smallest absolute Gasteiger partial charge is 0.244 e. The van der Waals surface area contributed by atoms with Gasteiger partial charge >= 0.3 is 0 Å². The van der Waals surface area contributed by atoms with Crippen LogP contribution >= 0.6 is 23.2 Å². The topological polar surface area (TPSA) is 105 Å². The summed E-state index contributed by atoms with van der Waals surface area (Å²) < 4.78 is 37.2. The molecule has 3 rings (SSSR count). The molecule has 0 saturated heterocycles. The second-order valence-electron chi connectivity index (χ2n) is 9.69. The molecule has 9 nitrogen and oxygen atoms in total. The third-order valence-corrected chi connectivity index (χ3v) is 7.45. The Labute approximate surface area is 227 Å². The number of carbonyl (C=O) groups excluding carboxylic acids is 2. The Hall–Kier alpha value is -2.69. The molecule has 0 spiro atoms. The van der Waals surface area contributed by atoms with Crippen LogP contribution in [-0.2, 0) is 26.2 Å².